The molecule has 0 atom stereocenters. The fourth-order valence-electron chi connectivity index (χ4n) is 5.53. The van der Waals surface area contributed by atoms with Gasteiger partial charge in [-0.1, -0.05) is 117 Å². The van der Waals surface area contributed by atoms with Crippen LogP contribution in [0.1, 0.15) is 153 Å². The molecule has 238 valence electrons. The van der Waals surface area contributed by atoms with Crippen LogP contribution in [0, 0.1) is 0 Å². The number of nitrogens with zero attached hydrogens (tertiary/aromatic N) is 2. The smallest absolute Gasteiger partial charge is 0.169 e. The molecule has 2 heterocycles. The van der Waals surface area contributed by atoms with Crippen molar-refractivity contribution in [1.82, 2.24) is 0 Å². The first-order valence-electron chi connectivity index (χ1n) is 17.9. The fraction of sp³-hybridized carbons (Fsp3) is 0.737. The van der Waals surface area contributed by atoms with Gasteiger partial charge in [0.05, 0.1) is 0 Å². The van der Waals surface area contributed by atoms with Crippen molar-refractivity contribution in [3.63, 3.8) is 0 Å². The first-order valence-corrected chi connectivity index (χ1v) is 20.2. The van der Waals surface area contributed by atoms with Gasteiger partial charge in [0.2, 0.25) is 0 Å². The highest BCUT2D eigenvalue weighted by Gasteiger charge is 2.04. The lowest BCUT2D eigenvalue weighted by molar-refractivity contribution is -0.697. The highest BCUT2D eigenvalue weighted by molar-refractivity contribution is 8.02. The molecule has 0 radical (unpaired) electrons. The molecule has 0 aromatic carbocycles. The van der Waals surface area contributed by atoms with Gasteiger partial charge in [0, 0.05) is 60.1 Å². The van der Waals surface area contributed by atoms with Crippen LogP contribution in [0.3, 0.4) is 0 Å². The van der Waals surface area contributed by atoms with Crippen LogP contribution in [0.4, 0.5) is 0 Å². The van der Waals surface area contributed by atoms with Gasteiger partial charge in [-0.05, 0) is 24.0 Å². The van der Waals surface area contributed by atoms with E-state index in [9.17, 15) is 0 Å². The number of aryl methyl sites for hydroxylation is 2. The molecule has 0 fully saturated rings. The van der Waals surface area contributed by atoms with Gasteiger partial charge in [0.25, 0.3) is 0 Å². The van der Waals surface area contributed by atoms with E-state index >= 15 is 0 Å². The standard InChI is InChI=1S/C38H66N2S2/c1-3-5-7-9-11-13-15-17-19-21-27-39-29-23-37(24-30-39)35-41-33-34-42-36-38-25-31-40(32-26-38)28-22-20-18-16-14-12-10-8-6-4-2/h23-26,29-32H,3-22,27-28,33-36H2,1-2H3/q+2. The maximum absolute atomic E-state index is 2.37. The van der Waals surface area contributed by atoms with Crippen molar-refractivity contribution >= 4 is 23.5 Å². The molecule has 0 aliphatic rings. The summed E-state index contributed by atoms with van der Waals surface area (Å²) >= 11 is 4.14. The van der Waals surface area contributed by atoms with Gasteiger partial charge in [-0.2, -0.15) is 23.5 Å². The Morgan fingerprint density at radius 2 is 0.690 bits per heavy atom. The number of rotatable bonds is 29. The molecule has 2 aromatic rings. The highest BCUT2D eigenvalue weighted by atomic mass is 32.2. The van der Waals surface area contributed by atoms with Crippen molar-refractivity contribution in [3.8, 4) is 0 Å². The number of thioether (sulfide) groups is 2. The first kappa shape index (κ1) is 37.2. The first-order chi connectivity index (χ1) is 20.8. The molecule has 0 aliphatic heterocycles. The van der Waals surface area contributed by atoms with Crippen LogP contribution < -0.4 is 9.13 Å². The molecule has 0 amide bonds. The van der Waals surface area contributed by atoms with Gasteiger partial charge in [-0.25, -0.2) is 9.13 Å². The predicted octanol–water partition coefficient (Wildman–Crippen LogP) is 11.3. The Labute approximate surface area is 270 Å². The molecule has 0 unspecified atom stereocenters. The number of hydrogen-bond donors (Lipinski definition) is 0. The maximum atomic E-state index is 2.37. The lowest BCUT2D eigenvalue weighted by Gasteiger charge is -2.04. The zero-order valence-corrected chi connectivity index (χ0v) is 29.3. The van der Waals surface area contributed by atoms with Crippen molar-refractivity contribution in [2.75, 3.05) is 11.5 Å². The molecule has 0 spiro atoms. The van der Waals surface area contributed by atoms with E-state index in [2.05, 4.69) is 95.6 Å². The van der Waals surface area contributed by atoms with Crippen molar-refractivity contribution in [2.24, 2.45) is 0 Å². The molecule has 0 N–H and O–H groups in total. The second-order valence-corrected chi connectivity index (χ2v) is 14.6. The van der Waals surface area contributed by atoms with Crippen molar-refractivity contribution < 1.29 is 9.13 Å². The maximum Gasteiger partial charge on any atom is 0.169 e. The molecular weight excluding hydrogens is 549 g/mol. The summed E-state index contributed by atoms with van der Waals surface area (Å²) in [4.78, 5) is 0. The third-order valence-corrected chi connectivity index (χ3v) is 10.7. The third kappa shape index (κ3) is 20.8. The molecule has 42 heavy (non-hydrogen) atoms. The van der Waals surface area contributed by atoms with Crippen LogP contribution in [0.25, 0.3) is 0 Å². The number of aromatic nitrogens is 2. The number of pyridine rings is 2. The molecule has 0 saturated heterocycles. The lowest BCUT2D eigenvalue weighted by Crippen LogP contribution is -2.32. The zero-order chi connectivity index (χ0) is 29.8. The summed E-state index contributed by atoms with van der Waals surface area (Å²) < 4.78 is 4.74. The quantitative estimate of drug-likeness (QED) is 0.0665. The normalized spacial score (nSPS) is 11.4. The minimum atomic E-state index is 1.13. The summed E-state index contributed by atoms with van der Waals surface area (Å²) in [6.07, 6.45) is 37.3. The summed E-state index contributed by atoms with van der Waals surface area (Å²) in [7, 11) is 0. The Kier molecular flexibility index (Phi) is 24.4. The fourth-order valence-corrected chi connectivity index (χ4v) is 7.62. The summed E-state index contributed by atoms with van der Waals surface area (Å²) in [5.74, 6) is 4.71. The predicted molar refractivity (Wildman–Crippen MR) is 189 cm³/mol. The summed E-state index contributed by atoms with van der Waals surface area (Å²) in [5.41, 5.74) is 2.92. The summed E-state index contributed by atoms with van der Waals surface area (Å²) in [5, 5.41) is 0. The summed E-state index contributed by atoms with van der Waals surface area (Å²) in [6.45, 7) is 6.92. The van der Waals surface area contributed by atoms with Crippen LogP contribution >= 0.6 is 23.5 Å². The second-order valence-electron chi connectivity index (χ2n) is 12.4. The monoisotopic (exact) mass is 614 g/mol. The minimum Gasteiger partial charge on any atom is -0.205 e. The number of unbranched alkanes of at least 4 members (excludes halogenated alkanes) is 18. The Morgan fingerprint density at radius 1 is 0.405 bits per heavy atom. The van der Waals surface area contributed by atoms with Gasteiger partial charge in [0.15, 0.2) is 24.8 Å². The molecule has 2 rings (SSSR count). The second kappa shape index (κ2) is 27.5. The topological polar surface area (TPSA) is 7.76 Å². The Hall–Kier alpha value is -1.00. The molecule has 0 bridgehead atoms. The van der Waals surface area contributed by atoms with Crippen LogP contribution in [0.5, 0.6) is 0 Å². The average molecular weight is 615 g/mol. The van der Waals surface area contributed by atoms with E-state index < -0.39 is 0 Å². The zero-order valence-electron chi connectivity index (χ0n) is 27.7. The number of hydrogen-bond acceptors (Lipinski definition) is 2. The van der Waals surface area contributed by atoms with Crippen LogP contribution in [-0.2, 0) is 24.6 Å². The van der Waals surface area contributed by atoms with Crippen molar-refractivity contribution in [1.29, 1.82) is 0 Å². The van der Waals surface area contributed by atoms with E-state index in [1.807, 2.05) is 0 Å². The minimum absolute atomic E-state index is 1.13. The highest BCUT2D eigenvalue weighted by Crippen LogP contribution is 2.17. The van der Waals surface area contributed by atoms with E-state index in [0.29, 0.717) is 0 Å². The van der Waals surface area contributed by atoms with Crippen molar-refractivity contribution in [3.05, 3.63) is 60.2 Å². The van der Waals surface area contributed by atoms with Gasteiger partial charge < -0.3 is 0 Å². The Bertz CT molecular complexity index is 766. The van der Waals surface area contributed by atoms with Gasteiger partial charge in [-0.3, -0.25) is 0 Å². The Balaban J connectivity index is 1.40. The van der Waals surface area contributed by atoms with E-state index in [-0.39, 0.29) is 0 Å². The molecule has 0 aliphatic carbocycles. The third-order valence-electron chi connectivity index (χ3n) is 8.37. The molecule has 2 nitrogen and oxygen atoms in total. The van der Waals surface area contributed by atoms with Crippen LogP contribution in [0.2, 0.25) is 0 Å². The molecular formula is C38H66N2S2+2. The van der Waals surface area contributed by atoms with E-state index in [1.165, 1.54) is 164 Å². The molecule has 0 saturated carbocycles. The van der Waals surface area contributed by atoms with Crippen LogP contribution in [-0.4, -0.2) is 11.5 Å². The SMILES string of the molecule is CCCCCCCCCCCC[n+]1ccc(CSCCSCc2cc[n+](CCCCCCCCCCCC)cc2)cc1. The lowest BCUT2D eigenvalue weighted by atomic mass is 10.1. The molecule has 2 aromatic heterocycles. The average Bonchev–Trinajstić information content (AvgIpc) is 3.02. The van der Waals surface area contributed by atoms with Crippen molar-refractivity contribution in [2.45, 2.75) is 167 Å². The molecule has 4 heteroatoms. The van der Waals surface area contributed by atoms with Gasteiger partial charge >= 0.3 is 0 Å². The Morgan fingerprint density at radius 3 is 1.00 bits per heavy atom. The van der Waals surface area contributed by atoms with E-state index in [0.717, 1.165) is 11.5 Å². The van der Waals surface area contributed by atoms with Crippen LogP contribution in [0.15, 0.2) is 49.1 Å². The van der Waals surface area contributed by atoms with E-state index in [1.54, 1.807) is 0 Å². The van der Waals surface area contributed by atoms with E-state index in [4.69, 9.17) is 0 Å². The van der Waals surface area contributed by atoms with Gasteiger partial charge in [0.1, 0.15) is 13.1 Å². The largest absolute Gasteiger partial charge is 0.205 e. The van der Waals surface area contributed by atoms with Gasteiger partial charge in [-0.15, -0.1) is 0 Å². The summed E-state index contributed by atoms with van der Waals surface area (Å²) in [6, 6.07) is 9.30.